The average molecular weight is 1510 g/mol. The van der Waals surface area contributed by atoms with E-state index in [9.17, 15) is 0 Å². The molecule has 0 saturated carbocycles. The zero-order valence-electron chi connectivity index (χ0n) is 68.9. The van der Waals surface area contributed by atoms with Crippen molar-refractivity contribution in [1.82, 2.24) is 0 Å². The molecule has 0 atom stereocenters. The summed E-state index contributed by atoms with van der Waals surface area (Å²) in [5.74, 6) is 2.38. The summed E-state index contributed by atoms with van der Waals surface area (Å²) < 4.78 is 20.0. The summed E-state index contributed by atoms with van der Waals surface area (Å²) in [6.07, 6.45) is 0. The summed E-state index contributed by atoms with van der Waals surface area (Å²) in [5.41, 5.74) is 39.2. The molecule has 0 radical (unpaired) electrons. The highest BCUT2D eigenvalue weighted by atomic mass is 16.5. The fourth-order valence-electron chi connectivity index (χ4n) is 18.2. The van der Waals surface area contributed by atoms with Gasteiger partial charge >= 0.3 is 0 Å². The Hall–Kier alpha value is -12.9. The van der Waals surface area contributed by atoms with Crippen molar-refractivity contribution in [2.75, 3.05) is 14.7 Å². The minimum Gasteiger partial charge on any atom is -0.489 e. The van der Waals surface area contributed by atoms with E-state index in [-0.39, 0.29) is 16.2 Å². The Bertz CT molecular complexity index is 5590. The second-order valence-corrected chi connectivity index (χ2v) is 34.3. The Labute approximate surface area is 685 Å². The Kier molecular flexibility index (Phi) is 18.9. The Morgan fingerprint density at radius 3 is 0.638 bits per heavy atom. The molecular formula is C110H99N3O3. The third-order valence-corrected chi connectivity index (χ3v) is 25.2. The molecule has 116 heavy (non-hydrogen) atoms. The van der Waals surface area contributed by atoms with Crippen LogP contribution in [0.25, 0.3) is 33.4 Å². The monoisotopic (exact) mass is 1510 g/mol. The van der Waals surface area contributed by atoms with Crippen molar-refractivity contribution in [3.63, 3.8) is 0 Å². The zero-order valence-corrected chi connectivity index (χ0v) is 68.9. The van der Waals surface area contributed by atoms with E-state index in [0.29, 0.717) is 19.8 Å². The highest BCUT2D eigenvalue weighted by Crippen LogP contribution is 2.55. The molecule has 0 spiro atoms. The third kappa shape index (κ3) is 13.7. The van der Waals surface area contributed by atoms with Crippen LogP contribution in [-0.4, -0.2) is 0 Å². The smallest absolute Gasteiger partial charge is 0.119 e. The van der Waals surface area contributed by atoms with E-state index in [1.54, 1.807) is 0 Å². The van der Waals surface area contributed by atoms with Crippen LogP contribution in [0.15, 0.2) is 328 Å². The molecule has 3 aliphatic carbocycles. The van der Waals surface area contributed by atoms with Crippen LogP contribution >= 0.6 is 0 Å². The van der Waals surface area contributed by atoms with Gasteiger partial charge < -0.3 is 28.9 Å². The fraction of sp³-hybridized carbons (Fsp3) is 0.182. The number of benzene rings is 15. The lowest BCUT2D eigenvalue weighted by Crippen LogP contribution is -2.25. The van der Waals surface area contributed by atoms with Gasteiger partial charge in [-0.05, 0) is 294 Å². The van der Waals surface area contributed by atoms with Crippen molar-refractivity contribution in [3.05, 3.63) is 428 Å². The van der Waals surface area contributed by atoms with E-state index < -0.39 is 5.41 Å². The fourth-order valence-corrected chi connectivity index (χ4v) is 18.2. The van der Waals surface area contributed by atoms with E-state index in [0.717, 1.165) is 102 Å². The van der Waals surface area contributed by atoms with Gasteiger partial charge in [-0.2, -0.15) is 0 Å². The van der Waals surface area contributed by atoms with Crippen molar-refractivity contribution >= 4 is 51.2 Å². The molecule has 0 N–H and O–H groups in total. The number of hydrogen-bond acceptors (Lipinski definition) is 6. The zero-order chi connectivity index (χ0) is 79.9. The predicted molar refractivity (Wildman–Crippen MR) is 482 cm³/mol. The van der Waals surface area contributed by atoms with Gasteiger partial charge in [-0.15, -0.1) is 0 Å². The van der Waals surface area contributed by atoms with Gasteiger partial charge in [-0.25, -0.2) is 0 Å². The first-order valence-electron chi connectivity index (χ1n) is 40.9. The summed E-state index contributed by atoms with van der Waals surface area (Å²) in [5, 5.41) is 0. The molecule has 0 aromatic heterocycles. The molecule has 0 fully saturated rings. The van der Waals surface area contributed by atoms with Gasteiger partial charge in [-0.3, -0.25) is 0 Å². The first-order valence-corrected chi connectivity index (χ1v) is 40.9. The Morgan fingerprint density at radius 2 is 0.405 bits per heavy atom. The standard InChI is InChI=1S/C110H99N3O3/c1-71-14-35-83(36-15-71)111(89-47-59-98-95-56-20-74(4)62-101(95)107(7,8)104(98)65-89)86-41-23-77(24-42-86)68-114-92-50-29-80(30-51-92)110(13,81-31-52-93(53-32-81)115-69-78-25-43-87(44-26-78)112(84-37-16-72(2)17-38-84)90-48-60-99-96-57-21-75(5)63-102(96)108(9,10)105(99)66-90)82-33-54-94(55-34-82)116-70-79-27-45-88(46-28-79)113(85-39-18-73(3)19-40-85)91-49-61-100-97-58-22-76(6)64-103(97)109(11,12)106(100)67-91/h14-67H,68-70H2,1-13H3. The van der Waals surface area contributed by atoms with Crippen LogP contribution in [0.5, 0.6) is 17.2 Å². The number of anilines is 9. The summed E-state index contributed by atoms with van der Waals surface area (Å²) in [6.45, 7) is 30.7. The molecule has 6 heteroatoms. The van der Waals surface area contributed by atoms with Gasteiger partial charge in [0.1, 0.15) is 37.1 Å². The highest BCUT2D eigenvalue weighted by molar-refractivity contribution is 5.90. The molecule has 0 heterocycles. The number of ether oxygens (including phenoxy) is 3. The van der Waals surface area contributed by atoms with Gasteiger partial charge in [0.25, 0.3) is 0 Å². The molecule has 6 nitrogen and oxygen atoms in total. The van der Waals surface area contributed by atoms with E-state index in [1.807, 2.05) is 0 Å². The third-order valence-electron chi connectivity index (χ3n) is 25.2. The molecule has 0 bridgehead atoms. The highest BCUT2D eigenvalue weighted by Gasteiger charge is 2.40. The normalized spacial score (nSPS) is 13.5. The van der Waals surface area contributed by atoms with Crippen molar-refractivity contribution in [3.8, 4) is 50.6 Å². The molecule has 3 aliphatic rings. The minimum atomic E-state index is -0.597. The lowest BCUT2D eigenvalue weighted by Gasteiger charge is -2.32. The molecule has 15 aromatic rings. The quantitative estimate of drug-likeness (QED) is 0.0668. The number of hydrogen-bond donors (Lipinski definition) is 0. The number of fused-ring (bicyclic) bond motifs is 9. The maximum absolute atomic E-state index is 6.67. The Balaban J connectivity index is 0.597. The summed E-state index contributed by atoms with van der Waals surface area (Å²) >= 11 is 0. The average Bonchev–Trinajstić information content (AvgIpc) is 1.60. The van der Waals surface area contributed by atoms with Gasteiger partial charge in [-0.1, -0.05) is 257 Å². The topological polar surface area (TPSA) is 37.4 Å². The second kappa shape index (κ2) is 29.5. The minimum absolute atomic E-state index is 0.130. The molecular weight excluding hydrogens is 1410 g/mol. The number of nitrogens with zero attached hydrogens (tertiary/aromatic N) is 3. The van der Waals surface area contributed by atoms with Crippen LogP contribution < -0.4 is 28.9 Å². The van der Waals surface area contributed by atoms with Crippen LogP contribution in [0, 0.1) is 41.5 Å². The summed E-state index contributed by atoms with van der Waals surface area (Å²) in [7, 11) is 0. The van der Waals surface area contributed by atoms with Gasteiger partial charge in [0.15, 0.2) is 0 Å². The second-order valence-electron chi connectivity index (χ2n) is 34.3. The number of aryl methyl sites for hydroxylation is 6. The molecule has 0 saturated heterocycles. The SMILES string of the molecule is Cc1ccc(N(c2ccc(COc3ccc(C(C)(c4ccc(OCc5ccc(N(c6ccc(C)cc6)c6ccc7c(c6)C(C)(C)c6cc(C)ccc6-7)cc5)cc4)c4ccc(OCc5ccc(N(c6ccc(C)cc6)c6ccc7c(c6)C(C)(C)c6cc(C)ccc6-7)cc5)cc4)cc3)cc2)c2ccc3c(c2)C(C)(C)c2cc(C)ccc2-3)cc1. The summed E-state index contributed by atoms with van der Waals surface area (Å²) in [4.78, 5) is 7.12. The van der Waals surface area contributed by atoms with Crippen LogP contribution in [0.1, 0.15) is 149 Å². The van der Waals surface area contributed by atoms with Crippen molar-refractivity contribution < 1.29 is 14.2 Å². The largest absolute Gasteiger partial charge is 0.489 e. The first kappa shape index (κ1) is 74.5. The van der Waals surface area contributed by atoms with E-state index in [1.165, 1.54) is 100 Å². The van der Waals surface area contributed by atoms with Crippen molar-refractivity contribution in [1.29, 1.82) is 0 Å². The van der Waals surface area contributed by atoms with E-state index in [4.69, 9.17) is 14.2 Å². The van der Waals surface area contributed by atoms with E-state index in [2.05, 4.69) is 432 Å². The molecule has 0 unspecified atom stereocenters. The molecule has 0 amide bonds. The first-order chi connectivity index (χ1) is 56.0. The van der Waals surface area contributed by atoms with Gasteiger partial charge in [0, 0.05) is 72.8 Å². The van der Waals surface area contributed by atoms with Crippen LogP contribution in [0.2, 0.25) is 0 Å². The van der Waals surface area contributed by atoms with Gasteiger partial charge in [0.05, 0.1) is 0 Å². The summed E-state index contributed by atoms with van der Waals surface area (Å²) in [6, 6.07) is 121. The lowest BCUT2D eigenvalue weighted by atomic mass is 9.71. The molecule has 18 rings (SSSR count). The van der Waals surface area contributed by atoms with Crippen molar-refractivity contribution in [2.45, 2.75) is 131 Å². The molecule has 0 aliphatic heterocycles. The maximum atomic E-state index is 6.67. The van der Waals surface area contributed by atoms with Crippen molar-refractivity contribution in [2.24, 2.45) is 0 Å². The van der Waals surface area contributed by atoms with Crippen LogP contribution in [0.4, 0.5) is 51.2 Å². The molecule has 15 aromatic carbocycles. The Morgan fingerprint density at radius 1 is 0.216 bits per heavy atom. The molecule has 572 valence electrons. The van der Waals surface area contributed by atoms with Crippen LogP contribution in [0.3, 0.4) is 0 Å². The maximum Gasteiger partial charge on any atom is 0.119 e. The van der Waals surface area contributed by atoms with E-state index >= 15 is 0 Å². The van der Waals surface area contributed by atoms with Gasteiger partial charge in [0.2, 0.25) is 0 Å². The van der Waals surface area contributed by atoms with Crippen LogP contribution in [-0.2, 0) is 41.5 Å². The number of rotatable bonds is 21. The predicted octanol–water partition coefficient (Wildman–Crippen LogP) is 29.0. The lowest BCUT2D eigenvalue weighted by molar-refractivity contribution is 0.306.